The lowest BCUT2D eigenvalue weighted by Gasteiger charge is -2.12. The monoisotopic (exact) mass is 410 g/mol. The van der Waals surface area contributed by atoms with Gasteiger partial charge in [0, 0.05) is 17.2 Å². The summed E-state index contributed by atoms with van der Waals surface area (Å²) in [7, 11) is 0. The van der Waals surface area contributed by atoms with Gasteiger partial charge in [-0.3, -0.25) is 14.0 Å². The molecule has 0 amide bonds. The fourth-order valence-electron chi connectivity index (χ4n) is 3.27. The minimum absolute atomic E-state index is 0.0207. The maximum atomic E-state index is 13.4. The molecule has 28 heavy (non-hydrogen) atoms. The van der Waals surface area contributed by atoms with Crippen LogP contribution in [0.3, 0.4) is 0 Å². The number of aryl methyl sites for hydroxylation is 3. The molecule has 4 aromatic rings. The molecule has 144 valence electrons. The molecule has 4 rings (SSSR count). The molecule has 0 saturated heterocycles. The van der Waals surface area contributed by atoms with Crippen LogP contribution in [0.25, 0.3) is 11.0 Å². The van der Waals surface area contributed by atoms with Gasteiger partial charge in [-0.15, -0.1) is 11.3 Å². The van der Waals surface area contributed by atoms with Gasteiger partial charge >= 0.3 is 0 Å². The standard InChI is InChI=1S/C21H22N4OS2/c1-4-25-19-18(15(3)23-25)22-21(28-13-16-8-5-7-14(2)11-16)24(20(19)26)12-17-9-6-10-27-17/h5-11H,4,12-13H2,1-3H3. The molecule has 0 unspecified atom stereocenters. The quantitative estimate of drug-likeness (QED) is 0.343. The van der Waals surface area contributed by atoms with E-state index in [0.717, 1.165) is 21.5 Å². The van der Waals surface area contributed by atoms with E-state index in [1.807, 2.05) is 25.3 Å². The number of thioether (sulfide) groups is 1. The first-order valence-corrected chi connectivity index (χ1v) is 11.1. The van der Waals surface area contributed by atoms with Gasteiger partial charge < -0.3 is 0 Å². The third-order valence-electron chi connectivity index (χ3n) is 4.63. The zero-order valence-corrected chi connectivity index (χ0v) is 17.8. The molecule has 3 aromatic heterocycles. The molecule has 0 atom stereocenters. The van der Waals surface area contributed by atoms with Crippen LogP contribution in [0.2, 0.25) is 0 Å². The molecule has 0 radical (unpaired) electrons. The van der Waals surface area contributed by atoms with Gasteiger partial charge in [0.25, 0.3) is 5.56 Å². The molecule has 7 heteroatoms. The summed E-state index contributed by atoms with van der Waals surface area (Å²) in [6.07, 6.45) is 0. The Morgan fingerprint density at radius 1 is 1.18 bits per heavy atom. The maximum Gasteiger partial charge on any atom is 0.280 e. The molecule has 0 aliphatic rings. The smallest absolute Gasteiger partial charge is 0.280 e. The van der Waals surface area contributed by atoms with Gasteiger partial charge in [0.1, 0.15) is 5.52 Å². The first-order chi connectivity index (χ1) is 13.6. The Morgan fingerprint density at radius 3 is 2.75 bits per heavy atom. The van der Waals surface area contributed by atoms with Crippen LogP contribution in [-0.4, -0.2) is 19.3 Å². The fourth-order valence-corrected chi connectivity index (χ4v) is 4.90. The second kappa shape index (κ2) is 7.93. The van der Waals surface area contributed by atoms with Gasteiger partial charge in [0.15, 0.2) is 10.7 Å². The molecule has 0 N–H and O–H groups in total. The second-order valence-electron chi connectivity index (χ2n) is 6.74. The number of thiophene rings is 1. The van der Waals surface area contributed by atoms with Gasteiger partial charge in [-0.25, -0.2) is 4.98 Å². The molecule has 5 nitrogen and oxygen atoms in total. The summed E-state index contributed by atoms with van der Waals surface area (Å²) in [5.74, 6) is 0.769. The molecule has 0 aliphatic carbocycles. The van der Waals surface area contributed by atoms with E-state index in [9.17, 15) is 4.79 Å². The maximum absolute atomic E-state index is 13.4. The summed E-state index contributed by atoms with van der Waals surface area (Å²) in [5, 5.41) is 7.29. The number of benzene rings is 1. The second-order valence-corrected chi connectivity index (χ2v) is 8.72. The SMILES string of the molecule is CCn1nc(C)c2nc(SCc3cccc(C)c3)n(Cc3cccs3)c(=O)c21. The van der Waals surface area contributed by atoms with Crippen LogP contribution in [0.1, 0.15) is 28.6 Å². The van der Waals surface area contributed by atoms with Crippen LogP contribution in [0, 0.1) is 13.8 Å². The molecule has 0 aliphatic heterocycles. The molecular weight excluding hydrogens is 388 g/mol. The minimum atomic E-state index is -0.0207. The predicted octanol–water partition coefficient (Wildman–Crippen LogP) is 4.63. The number of rotatable bonds is 6. The van der Waals surface area contributed by atoms with E-state index in [-0.39, 0.29) is 5.56 Å². The Balaban J connectivity index is 1.80. The molecule has 0 fully saturated rings. The highest BCUT2D eigenvalue weighted by atomic mass is 32.2. The molecule has 0 spiro atoms. The number of aromatic nitrogens is 4. The van der Waals surface area contributed by atoms with Gasteiger partial charge in [-0.2, -0.15) is 5.10 Å². The van der Waals surface area contributed by atoms with Crippen molar-refractivity contribution in [3.8, 4) is 0 Å². The normalized spacial score (nSPS) is 11.4. The van der Waals surface area contributed by atoms with E-state index >= 15 is 0 Å². The Morgan fingerprint density at radius 2 is 2.04 bits per heavy atom. The van der Waals surface area contributed by atoms with E-state index in [1.54, 1.807) is 32.3 Å². The Bertz CT molecular complexity index is 1180. The topological polar surface area (TPSA) is 52.7 Å². The minimum Gasteiger partial charge on any atom is -0.280 e. The zero-order chi connectivity index (χ0) is 19.7. The third kappa shape index (κ3) is 3.64. The summed E-state index contributed by atoms with van der Waals surface area (Å²) >= 11 is 3.26. The van der Waals surface area contributed by atoms with E-state index < -0.39 is 0 Å². The van der Waals surface area contributed by atoms with Crippen molar-refractivity contribution in [3.05, 3.63) is 73.8 Å². The molecule has 0 saturated carbocycles. The third-order valence-corrected chi connectivity index (χ3v) is 6.53. The number of hydrogen-bond donors (Lipinski definition) is 0. The fraction of sp³-hybridized carbons (Fsp3) is 0.286. The van der Waals surface area contributed by atoms with Crippen LogP contribution in [0.15, 0.2) is 51.7 Å². The van der Waals surface area contributed by atoms with Crippen molar-refractivity contribution in [1.82, 2.24) is 19.3 Å². The van der Waals surface area contributed by atoms with Gasteiger partial charge in [-0.1, -0.05) is 47.7 Å². The van der Waals surface area contributed by atoms with Crippen molar-refractivity contribution < 1.29 is 0 Å². The average Bonchev–Trinajstić information content (AvgIpc) is 3.30. The van der Waals surface area contributed by atoms with Crippen molar-refractivity contribution in [2.24, 2.45) is 0 Å². The summed E-state index contributed by atoms with van der Waals surface area (Å²) in [5.41, 5.74) is 4.54. The molecular formula is C21H22N4OS2. The van der Waals surface area contributed by atoms with Crippen LogP contribution < -0.4 is 5.56 Å². The van der Waals surface area contributed by atoms with E-state index in [1.165, 1.54) is 11.1 Å². The van der Waals surface area contributed by atoms with Gasteiger partial charge in [0.05, 0.1) is 12.2 Å². The number of nitrogens with zero attached hydrogens (tertiary/aromatic N) is 4. The highest BCUT2D eigenvalue weighted by Gasteiger charge is 2.18. The Hall–Kier alpha value is -2.38. The van der Waals surface area contributed by atoms with Gasteiger partial charge in [-0.05, 0) is 37.8 Å². The van der Waals surface area contributed by atoms with Crippen molar-refractivity contribution >= 4 is 34.1 Å². The van der Waals surface area contributed by atoms with E-state index in [4.69, 9.17) is 4.98 Å². The molecule has 3 heterocycles. The lowest BCUT2D eigenvalue weighted by atomic mass is 10.2. The molecule has 0 bridgehead atoms. The summed E-state index contributed by atoms with van der Waals surface area (Å²) in [6, 6.07) is 12.5. The van der Waals surface area contributed by atoms with Crippen LogP contribution in [-0.2, 0) is 18.8 Å². The average molecular weight is 411 g/mol. The van der Waals surface area contributed by atoms with Crippen LogP contribution >= 0.6 is 23.1 Å². The first kappa shape index (κ1) is 19.0. The van der Waals surface area contributed by atoms with Crippen molar-refractivity contribution in [2.45, 2.75) is 44.8 Å². The summed E-state index contributed by atoms with van der Waals surface area (Å²) in [4.78, 5) is 19.4. The van der Waals surface area contributed by atoms with Crippen LogP contribution in [0.5, 0.6) is 0 Å². The lowest BCUT2D eigenvalue weighted by molar-refractivity contribution is 0.640. The Kier molecular flexibility index (Phi) is 5.37. The van der Waals surface area contributed by atoms with Crippen molar-refractivity contribution in [2.75, 3.05) is 0 Å². The molecule has 1 aromatic carbocycles. The van der Waals surface area contributed by atoms with Crippen molar-refractivity contribution in [3.63, 3.8) is 0 Å². The van der Waals surface area contributed by atoms with Crippen molar-refractivity contribution in [1.29, 1.82) is 0 Å². The number of fused-ring (bicyclic) bond motifs is 1. The first-order valence-electron chi connectivity index (χ1n) is 9.25. The number of hydrogen-bond acceptors (Lipinski definition) is 5. The summed E-state index contributed by atoms with van der Waals surface area (Å²) in [6.45, 7) is 7.18. The van der Waals surface area contributed by atoms with E-state index in [2.05, 4.69) is 42.4 Å². The lowest BCUT2D eigenvalue weighted by Crippen LogP contribution is -2.25. The van der Waals surface area contributed by atoms with Crippen LogP contribution in [0.4, 0.5) is 0 Å². The zero-order valence-electron chi connectivity index (χ0n) is 16.2. The van der Waals surface area contributed by atoms with E-state index in [0.29, 0.717) is 24.1 Å². The highest BCUT2D eigenvalue weighted by Crippen LogP contribution is 2.25. The van der Waals surface area contributed by atoms with Gasteiger partial charge in [0.2, 0.25) is 0 Å². The predicted molar refractivity (Wildman–Crippen MR) is 116 cm³/mol. The largest absolute Gasteiger partial charge is 0.280 e. The Labute approximate surface area is 172 Å². The highest BCUT2D eigenvalue weighted by molar-refractivity contribution is 7.98. The summed E-state index contributed by atoms with van der Waals surface area (Å²) < 4.78 is 3.56.